The monoisotopic (exact) mass is 258 g/mol. The van der Waals surface area contributed by atoms with Crippen molar-refractivity contribution in [2.45, 2.75) is 25.4 Å². The molecule has 1 aromatic heterocycles. The lowest BCUT2D eigenvalue weighted by molar-refractivity contribution is 0.563. The highest BCUT2D eigenvalue weighted by Crippen LogP contribution is 2.07. The van der Waals surface area contributed by atoms with Crippen LogP contribution in [0, 0.1) is 0 Å². The van der Waals surface area contributed by atoms with Gasteiger partial charge in [-0.3, -0.25) is 4.68 Å². The Labute approximate surface area is 101 Å². The van der Waals surface area contributed by atoms with Gasteiger partial charge in [-0.2, -0.15) is 5.10 Å². The zero-order valence-electron chi connectivity index (χ0n) is 9.89. The van der Waals surface area contributed by atoms with Crippen LogP contribution in [-0.4, -0.2) is 36.5 Å². The molecule has 17 heavy (non-hydrogen) atoms. The first-order valence-corrected chi connectivity index (χ1v) is 7.39. The van der Waals surface area contributed by atoms with Gasteiger partial charge in [0.25, 0.3) is 0 Å². The van der Waals surface area contributed by atoms with Crippen LogP contribution in [-0.2, 0) is 23.6 Å². The van der Waals surface area contributed by atoms with E-state index in [4.69, 9.17) is 0 Å². The van der Waals surface area contributed by atoms with Crippen LogP contribution in [0.25, 0.3) is 0 Å². The van der Waals surface area contributed by atoms with Crippen molar-refractivity contribution in [1.29, 1.82) is 0 Å². The normalized spacial score (nSPS) is 20.9. The molecule has 0 aliphatic carbocycles. The third-order valence-corrected chi connectivity index (χ3v) is 4.26. The van der Waals surface area contributed by atoms with Gasteiger partial charge in [0.1, 0.15) is 0 Å². The number of hydrogen-bond acceptors (Lipinski definition) is 4. The van der Waals surface area contributed by atoms with Crippen LogP contribution in [0.4, 0.5) is 0 Å². The zero-order valence-corrected chi connectivity index (χ0v) is 10.7. The molecule has 1 fully saturated rings. The summed E-state index contributed by atoms with van der Waals surface area (Å²) in [6.45, 7) is 1.23. The molecule has 2 rings (SSSR count). The van der Waals surface area contributed by atoms with E-state index in [9.17, 15) is 8.42 Å². The van der Waals surface area contributed by atoms with E-state index >= 15 is 0 Å². The van der Waals surface area contributed by atoms with Gasteiger partial charge in [0.2, 0.25) is 10.0 Å². The summed E-state index contributed by atoms with van der Waals surface area (Å²) in [5.41, 5.74) is 0.871. The van der Waals surface area contributed by atoms with Crippen molar-refractivity contribution in [3.8, 4) is 0 Å². The van der Waals surface area contributed by atoms with E-state index in [-0.39, 0.29) is 11.8 Å². The van der Waals surface area contributed by atoms with Gasteiger partial charge < -0.3 is 5.32 Å². The van der Waals surface area contributed by atoms with E-state index in [1.165, 1.54) is 0 Å². The Morgan fingerprint density at radius 2 is 2.47 bits per heavy atom. The first-order valence-electron chi connectivity index (χ1n) is 5.73. The number of aromatic nitrogens is 2. The number of aryl methyl sites for hydroxylation is 1. The summed E-state index contributed by atoms with van der Waals surface area (Å²) in [4.78, 5) is 0. The minimum Gasteiger partial charge on any atom is -0.313 e. The molecule has 0 saturated carbocycles. The van der Waals surface area contributed by atoms with E-state index in [0.717, 1.165) is 24.9 Å². The van der Waals surface area contributed by atoms with Crippen molar-refractivity contribution in [2.24, 2.45) is 7.05 Å². The fourth-order valence-corrected chi connectivity index (χ4v) is 3.30. The van der Waals surface area contributed by atoms with E-state index in [2.05, 4.69) is 15.1 Å². The van der Waals surface area contributed by atoms with Crippen LogP contribution in [0.1, 0.15) is 18.4 Å². The Kier molecular flexibility index (Phi) is 3.80. The average Bonchev–Trinajstić information content (AvgIpc) is 2.86. The predicted octanol–water partition coefficient (Wildman–Crippen LogP) is -0.408. The third kappa shape index (κ3) is 3.79. The molecule has 96 valence electrons. The maximum absolute atomic E-state index is 11.8. The Balaban J connectivity index is 1.84. The Morgan fingerprint density at radius 1 is 1.65 bits per heavy atom. The SMILES string of the molecule is Cn1cc(CNS(=O)(=O)CC2CCCN2)cn1. The Morgan fingerprint density at radius 3 is 3.06 bits per heavy atom. The summed E-state index contributed by atoms with van der Waals surface area (Å²) in [7, 11) is -1.40. The third-order valence-electron chi connectivity index (χ3n) is 2.84. The first kappa shape index (κ1) is 12.5. The molecule has 1 unspecified atom stereocenters. The second-order valence-corrected chi connectivity index (χ2v) is 6.27. The molecule has 2 heterocycles. The van der Waals surface area contributed by atoms with Gasteiger partial charge in [0.15, 0.2) is 0 Å². The highest BCUT2D eigenvalue weighted by molar-refractivity contribution is 7.89. The van der Waals surface area contributed by atoms with Crippen molar-refractivity contribution in [3.05, 3.63) is 18.0 Å². The summed E-state index contributed by atoms with van der Waals surface area (Å²) < 4.78 is 27.8. The topological polar surface area (TPSA) is 76.0 Å². The molecule has 0 aromatic carbocycles. The fourth-order valence-electron chi connectivity index (χ4n) is 1.98. The molecule has 1 saturated heterocycles. The lowest BCUT2D eigenvalue weighted by Gasteiger charge is -2.11. The lowest BCUT2D eigenvalue weighted by atomic mass is 10.3. The van der Waals surface area contributed by atoms with Crippen LogP contribution in [0.2, 0.25) is 0 Å². The molecule has 1 atom stereocenters. The summed E-state index contributed by atoms with van der Waals surface area (Å²) in [5, 5.41) is 7.17. The molecular formula is C10H18N4O2S. The van der Waals surface area contributed by atoms with Crippen molar-refractivity contribution in [1.82, 2.24) is 19.8 Å². The van der Waals surface area contributed by atoms with Crippen LogP contribution >= 0.6 is 0 Å². The van der Waals surface area contributed by atoms with Crippen molar-refractivity contribution < 1.29 is 8.42 Å². The van der Waals surface area contributed by atoms with Crippen molar-refractivity contribution >= 4 is 10.0 Å². The maximum atomic E-state index is 11.8. The molecule has 6 nitrogen and oxygen atoms in total. The number of sulfonamides is 1. The lowest BCUT2D eigenvalue weighted by Crippen LogP contribution is -2.36. The highest BCUT2D eigenvalue weighted by atomic mass is 32.2. The summed E-state index contributed by atoms with van der Waals surface area (Å²) in [5.74, 6) is 0.160. The largest absolute Gasteiger partial charge is 0.313 e. The molecule has 0 spiro atoms. The molecular weight excluding hydrogens is 240 g/mol. The fraction of sp³-hybridized carbons (Fsp3) is 0.700. The van der Waals surface area contributed by atoms with Crippen LogP contribution in [0.3, 0.4) is 0 Å². The minimum absolute atomic E-state index is 0.0985. The number of nitrogens with zero attached hydrogens (tertiary/aromatic N) is 2. The van der Waals surface area contributed by atoms with E-state index < -0.39 is 10.0 Å². The Hall–Kier alpha value is -0.920. The number of rotatable bonds is 5. The van der Waals surface area contributed by atoms with E-state index in [0.29, 0.717) is 6.54 Å². The standard InChI is InChI=1S/C10H18N4O2S/c1-14-7-9(5-12-14)6-13-17(15,16)8-10-3-2-4-11-10/h5,7,10-11,13H,2-4,6,8H2,1H3. The van der Waals surface area contributed by atoms with Crippen molar-refractivity contribution in [2.75, 3.05) is 12.3 Å². The van der Waals surface area contributed by atoms with Crippen LogP contribution < -0.4 is 10.0 Å². The van der Waals surface area contributed by atoms with Gasteiger partial charge in [0.05, 0.1) is 11.9 Å². The number of hydrogen-bond donors (Lipinski definition) is 2. The van der Waals surface area contributed by atoms with Gasteiger partial charge in [0, 0.05) is 31.4 Å². The smallest absolute Gasteiger partial charge is 0.213 e. The summed E-state index contributed by atoms with van der Waals surface area (Å²) in [6, 6.07) is 0.0985. The van der Waals surface area contributed by atoms with Gasteiger partial charge >= 0.3 is 0 Å². The maximum Gasteiger partial charge on any atom is 0.213 e. The molecule has 7 heteroatoms. The van der Waals surface area contributed by atoms with Crippen LogP contribution in [0.15, 0.2) is 12.4 Å². The minimum atomic E-state index is -3.20. The number of nitrogens with one attached hydrogen (secondary N) is 2. The van der Waals surface area contributed by atoms with Gasteiger partial charge in [-0.25, -0.2) is 13.1 Å². The molecule has 1 aromatic rings. The second kappa shape index (κ2) is 5.16. The molecule has 1 aliphatic rings. The predicted molar refractivity (Wildman–Crippen MR) is 64.9 cm³/mol. The molecule has 1 aliphatic heterocycles. The van der Waals surface area contributed by atoms with Crippen molar-refractivity contribution in [3.63, 3.8) is 0 Å². The quantitative estimate of drug-likeness (QED) is 0.753. The molecule has 0 radical (unpaired) electrons. The Bertz CT molecular complexity index is 462. The van der Waals surface area contributed by atoms with Gasteiger partial charge in [-0.05, 0) is 19.4 Å². The van der Waals surface area contributed by atoms with Crippen LogP contribution in [0.5, 0.6) is 0 Å². The van der Waals surface area contributed by atoms with E-state index in [1.54, 1.807) is 24.1 Å². The summed E-state index contributed by atoms with van der Waals surface area (Å²) in [6.07, 6.45) is 5.46. The van der Waals surface area contributed by atoms with Gasteiger partial charge in [-0.1, -0.05) is 0 Å². The van der Waals surface area contributed by atoms with Gasteiger partial charge in [-0.15, -0.1) is 0 Å². The zero-order chi connectivity index (χ0) is 12.3. The highest BCUT2D eigenvalue weighted by Gasteiger charge is 2.21. The molecule has 0 bridgehead atoms. The molecule has 2 N–H and O–H groups in total. The second-order valence-electron chi connectivity index (χ2n) is 4.42. The first-order chi connectivity index (χ1) is 8.05. The average molecular weight is 258 g/mol. The van der Waals surface area contributed by atoms with E-state index in [1.807, 2.05) is 0 Å². The summed E-state index contributed by atoms with van der Waals surface area (Å²) >= 11 is 0. The molecule has 0 amide bonds.